The highest BCUT2D eigenvalue weighted by Gasteiger charge is 2.31. The Labute approximate surface area is 168 Å². The standard InChI is InChI=1S/C21H22ClN3O3/c22-14-4-3-5-15(12-14)23-21(27)24-16-7-8-19-18(13-16)20(26)25-10-2-1-6-17(25)9-11-28-19/h3-5,7-8,12-13,17H,1-2,6,9-11H2,(H2,23,24,27). The molecular weight excluding hydrogens is 378 g/mol. The summed E-state index contributed by atoms with van der Waals surface area (Å²) in [7, 11) is 0. The molecule has 2 aromatic rings. The van der Waals surface area contributed by atoms with E-state index in [2.05, 4.69) is 10.6 Å². The van der Waals surface area contributed by atoms with Crippen LogP contribution >= 0.6 is 11.6 Å². The average molecular weight is 400 g/mol. The highest BCUT2D eigenvalue weighted by molar-refractivity contribution is 6.30. The van der Waals surface area contributed by atoms with Gasteiger partial charge in [0.15, 0.2) is 0 Å². The van der Waals surface area contributed by atoms with Gasteiger partial charge in [0.25, 0.3) is 5.91 Å². The van der Waals surface area contributed by atoms with E-state index < -0.39 is 6.03 Å². The predicted molar refractivity (Wildman–Crippen MR) is 109 cm³/mol. The van der Waals surface area contributed by atoms with Crippen LogP contribution < -0.4 is 15.4 Å². The van der Waals surface area contributed by atoms with Crippen LogP contribution in [-0.4, -0.2) is 36.0 Å². The van der Waals surface area contributed by atoms with Gasteiger partial charge in [-0.15, -0.1) is 0 Å². The zero-order valence-corrected chi connectivity index (χ0v) is 16.2. The number of nitrogens with zero attached hydrogens (tertiary/aromatic N) is 1. The van der Waals surface area contributed by atoms with Crippen LogP contribution in [0.25, 0.3) is 0 Å². The van der Waals surface area contributed by atoms with Gasteiger partial charge < -0.3 is 20.3 Å². The molecule has 1 unspecified atom stereocenters. The second-order valence-electron chi connectivity index (χ2n) is 7.09. The summed E-state index contributed by atoms with van der Waals surface area (Å²) in [6, 6.07) is 11.9. The summed E-state index contributed by atoms with van der Waals surface area (Å²) in [6.45, 7) is 1.36. The van der Waals surface area contributed by atoms with Crippen molar-refractivity contribution >= 4 is 34.9 Å². The zero-order valence-electron chi connectivity index (χ0n) is 15.4. The van der Waals surface area contributed by atoms with E-state index in [-0.39, 0.29) is 11.9 Å². The lowest BCUT2D eigenvalue weighted by Crippen LogP contribution is -2.45. The molecule has 0 aliphatic carbocycles. The van der Waals surface area contributed by atoms with E-state index in [0.29, 0.717) is 34.3 Å². The fourth-order valence-corrected chi connectivity index (χ4v) is 3.98. The fraction of sp³-hybridized carbons (Fsp3) is 0.333. The second-order valence-corrected chi connectivity index (χ2v) is 7.52. The molecule has 0 bridgehead atoms. The molecule has 28 heavy (non-hydrogen) atoms. The molecular formula is C21H22ClN3O3. The lowest BCUT2D eigenvalue weighted by molar-refractivity contribution is 0.0548. The molecule has 2 N–H and O–H groups in total. The van der Waals surface area contributed by atoms with Gasteiger partial charge in [-0.05, 0) is 55.7 Å². The number of hydrogen-bond donors (Lipinski definition) is 2. The normalized spacial score (nSPS) is 18.8. The Hall–Kier alpha value is -2.73. The van der Waals surface area contributed by atoms with Gasteiger partial charge in [-0.2, -0.15) is 0 Å². The summed E-state index contributed by atoms with van der Waals surface area (Å²) in [5, 5.41) is 6.04. The monoisotopic (exact) mass is 399 g/mol. The van der Waals surface area contributed by atoms with Crippen molar-refractivity contribution in [3.8, 4) is 5.75 Å². The molecule has 2 heterocycles. The third-order valence-electron chi connectivity index (χ3n) is 5.15. The second kappa shape index (κ2) is 8.10. The van der Waals surface area contributed by atoms with Gasteiger partial charge in [-0.3, -0.25) is 4.79 Å². The van der Waals surface area contributed by atoms with Gasteiger partial charge in [0.1, 0.15) is 5.75 Å². The molecule has 3 amide bonds. The number of benzene rings is 2. The maximum Gasteiger partial charge on any atom is 0.323 e. The van der Waals surface area contributed by atoms with Crippen LogP contribution in [-0.2, 0) is 0 Å². The number of carbonyl (C=O) groups is 2. The summed E-state index contributed by atoms with van der Waals surface area (Å²) >= 11 is 5.94. The van der Waals surface area contributed by atoms with Crippen molar-refractivity contribution in [2.45, 2.75) is 31.7 Å². The maximum atomic E-state index is 13.1. The smallest absolute Gasteiger partial charge is 0.323 e. The number of hydrogen-bond acceptors (Lipinski definition) is 3. The van der Waals surface area contributed by atoms with Crippen LogP contribution in [0.2, 0.25) is 5.02 Å². The Morgan fingerprint density at radius 1 is 1.07 bits per heavy atom. The van der Waals surface area contributed by atoms with Crippen molar-refractivity contribution < 1.29 is 14.3 Å². The fourth-order valence-electron chi connectivity index (χ4n) is 3.79. The molecule has 4 rings (SSSR count). The number of ether oxygens (including phenoxy) is 1. The molecule has 1 saturated heterocycles. The molecule has 2 aromatic carbocycles. The summed E-state index contributed by atoms with van der Waals surface area (Å²) in [5.41, 5.74) is 1.61. The lowest BCUT2D eigenvalue weighted by Gasteiger charge is -2.37. The van der Waals surface area contributed by atoms with E-state index in [4.69, 9.17) is 16.3 Å². The Morgan fingerprint density at radius 2 is 1.89 bits per heavy atom. The number of piperidine rings is 1. The lowest BCUT2D eigenvalue weighted by atomic mass is 9.97. The third-order valence-corrected chi connectivity index (χ3v) is 5.38. The number of anilines is 2. The minimum absolute atomic E-state index is 0.0294. The summed E-state index contributed by atoms with van der Waals surface area (Å²) in [4.78, 5) is 27.4. The zero-order chi connectivity index (χ0) is 19.5. The van der Waals surface area contributed by atoms with Crippen LogP contribution in [0, 0.1) is 0 Å². The minimum Gasteiger partial charge on any atom is -0.493 e. The largest absolute Gasteiger partial charge is 0.493 e. The summed E-state index contributed by atoms with van der Waals surface area (Å²) in [6.07, 6.45) is 4.04. The highest BCUT2D eigenvalue weighted by Crippen LogP contribution is 2.31. The average Bonchev–Trinajstić information content (AvgIpc) is 2.67. The molecule has 2 aliphatic heterocycles. The first kappa shape index (κ1) is 18.6. The minimum atomic E-state index is -0.405. The predicted octanol–water partition coefficient (Wildman–Crippen LogP) is 4.76. The molecule has 0 spiro atoms. The molecule has 0 saturated carbocycles. The van der Waals surface area contributed by atoms with Crippen molar-refractivity contribution in [2.24, 2.45) is 0 Å². The number of rotatable bonds is 2. The van der Waals surface area contributed by atoms with E-state index in [1.165, 1.54) is 0 Å². The van der Waals surface area contributed by atoms with Crippen LogP contribution in [0.15, 0.2) is 42.5 Å². The number of urea groups is 1. The number of nitrogens with one attached hydrogen (secondary N) is 2. The Kier molecular flexibility index (Phi) is 5.39. The third kappa shape index (κ3) is 4.07. The van der Waals surface area contributed by atoms with Crippen molar-refractivity contribution in [1.29, 1.82) is 0 Å². The van der Waals surface area contributed by atoms with Gasteiger partial charge in [-0.1, -0.05) is 17.7 Å². The van der Waals surface area contributed by atoms with Crippen molar-refractivity contribution in [2.75, 3.05) is 23.8 Å². The molecule has 1 fully saturated rings. The summed E-state index contributed by atoms with van der Waals surface area (Å²) < 4.78 is 5.83. The quantitative estimate of drug-likeness (QED) is 0.764. The SMILES string of the molecule is O=C(Nc1cccc(Cl)c1)Nc1ccc2c(c1)C(=O)N1CCCCC1CCO2. The number of fused-ring (bicyclic) bond motifs is 2. The van der Waals surface area contributed by atoms with Gasteiger partial charge >= 0.3 is 6.03 Å². The first-order valence-corrected chi connectivity index (χ1v) is 9.89. The van der Waals surface area contributed by atoms with Gasteiger partial charge in [-0.25, -0.2) is 4.79 Å². The molecule has 6 nitrogen and oxygen atoms in total. The number of halogens is 1. The first-order valence-electron chi connectivity index (χ1n) is 9.51. The van der Waals surface area contributed by atoms with E-state index in [1.807, 2.05) is 4.90 Å². The Bertz CT molecular complexity index is 902. The molecule has 2 aliphatic rings. The van der Waals surface area contributed by atoms with Crippen LogP contribution in [0.1, 0.15) is 36.0 Å². The van der Waals surface area contributed by atoms with Crippen LogP contribution in [0.4, 0.5) is 16.2 Å². The van der Waals surface area contributed by atoms with E-state index >= 15 is 0 Å². The Balaban J connectivity index is 1.52. The Morgan fingerprint density at radius 3 is 2.71 bits per heavy atom. The van der Waals surface area contributed by atoms with Crippen molar-refractivity contribution in [3.63, 3.8) is 0 Å². The van der Waals surface area contributed by atoms with Crippen molar-refractivity contribution in [3.05, 3.63) is 53.1 Å². The van der Waals surface area contributed by atoms with Crippen molar-refractivity contribution in [1.82, 2.24) is 4.90 Å². The van der Waals surface area contributed by atoms with Gasteiger partial charge in [0.2, 0.25) is 0 Å². The van der Waals surface area contributed by atoms with Gasteiger partial charge in [0.05, 0.1) is 12.2 Å². The molecule has 0 radical (unpaired) electrons. The molecule has 0 aromatic heterocycles. The van der Waals surface area contributed by atoms with E-state index in [9.17, 15) is 9.59 Å². The number of amides is 3. The van der Waals surface area contributed by atoms with Crippen LogP contribution in [0.5, 0.6) is 5.75 Å². The first-order chi connectivity index (χ1) is 13.6. The molecule has 146 valence electrons. The van der Waals surface area contributed by atoms with Crippen LogP contribution in [0.3, 0.4) is 0 Å². The highest BCUT2D eigenvalue weighted by atomic mass is 35.5. The maximum absolute atomic E-state index is 13.1. The number of carbonyl (C=O) groups excluding carboxylic acids is 2. The van der Waals surface area contributed by atoms with E-state index in [1.54, 1.807) is 42.5 Å². The van der Waals surface area contributed by atoms with E-state index in [0.717, 1.165) is 32.2 Å². The molecule has 1 atom stereocenters. The molecule has 7 heteroatoms. The topological polar surface area (TPSA) is 70.7 Å². The summed E-state index contributed by atoms with van der Waals surface area (Å²) in [5.74, 6) is 0.535. The van der Waals surface area contributed by atoms with Gasteiger partial charge in [0, 0.05) is 35.4 Å².